The van der Waals surface area contributed by atoms with Crippen LogP contribution in [0.25, 0.3) is 11.0 Å². The molecule has 2 aliphatic rings. The number of piperidine rings is 1. The van der Waals surface area contributed by atoms with E-state index in [1.54, 1.807) is 0 Å². The summed E-state index contributed by atoms with van der Waals surface area (Å²) in [5.74, 6) is 3.08. The van der Waals surface area contributed by atoms with Crippen LogP contribution in [0.4, 0.5) is 11.6 Å². The molecule has 0 aliphatic carbocycles. The maximum atomic E-state index is 6.13. The van der Waals surface area contributed by atoms with Gasteiger partial charge in [-0.15, -0.1) is 0 Å². The van der Waals surface area contributed by atoms with E-state index in [1.165, 1.54) is 6.42 Å². The number of fused-ring (bicyclic) bond motifs is 2. The van der Waals surface area contributed by atoms with Crippen LogP contribution in [0, 0.1) is 12.8 Å². The van der Waals surface area contributed by atoms with E-state index in [0.717, 1.165) is 66.6 Å². The number of anilines is 2. The SMILES string of the molecule is Cc1cc(NCc2cccc(OCC3CCC4CN(c5noc6ccccc56)CCN4C3)n2)[nH]n1. The van der Waals surface area contributed by atoms with Crippen molar-refractivity contribution >= 4 is 22.6 Å². The van der Waals surface area contributed by atoms with Crippen molar-refractivity contribution in [3.8, 4) is 5.88 Å². The Kier molecular flexibility index (Phi) is 5.99. The minimum absolute atomic E-state index is 0.516. The molecule has 2 saturated heterocycles. The largest absolute Gasteiger partial charge is 0.477 e. The van der Waals surface area contributed by atoms with Gasteiger partial charge in [-0.3, -0.25) is 10.00 Å². The first kappa shape index (κ1) is 21.9. The maximum Gasteiger partial charge on any atom is 0.213 e. The van der Waals surface area contributed by atoms with Gasteiger partial charge < -0.3 is 19.5 Å². The van der Waals surface area contributed by atoms with Gasteiger partial charge in [-0.25, -0.2) is 4.98 Å². The number of aromatic nitrogens is 4. The number of ether oxygens (including phenoxy) is 1. The molecule has 0 radical (unpaired) electrons. The van der Waals surface area contributed by atoms with E-state index in [2.05, 4.69) is 41.5 Å². The number of benzene rings is 1. The Hall–Kier alpha value is -3.59. The Morgan fingerprint density at radius 3 is 2.97 bits per heavy atom. The molecule has 0 spiro atoms. The highest BCUT2D eigenvalue weighted by atomic mass is 16.5. The minimum atomic E-state index is 0.516. The van der Waals surface area contributed by atoms with Gasteiger partial charge in [0.1, 0.15) is 5.82 Å². The summed E-state index contributed by atoms with van der Waals surface area (Å²) in [6, 6.07) is 16.6. The van der Waals surface area contributed by atoms with E-state index >= 15 is 0 Å². The third kappa shape index (κ3) is 4.81. The molecule has 3 aromatic heterocycles. The number of hydrogen-bond acceptors (Lipinski definition) is 8. The summed E-state index contributed by atoms with van der Waals surface area (Å²) in [5.41, 5.74) is 2.76. The van der Waals surface area contributed by atoms with Gasteiger partial charge >= 0.3 is 0 Å². The summed E-state index contributed by atoms with van der Waals surface area (Å²) < 4.78 is 11.7. The van der Waals surface area contributed by atoms with Crippen LogP contribution in [0.2, 0.25) is 0 Å². The van der Waals surface area contributed by atoms with Crippen LogP contribution in [-0.4, -0.2) is 64.1 Å². The zero-order valence-electron chi connectivity index (χ0n) is 20.0. The second kappa shape index (κ2) is 9.58. The molecule has 2 atom stereocenters. The van der Waals surface area contributed by atoms with E-state index in [0.29, 0.717) is 31.0 Å². The van der Waals surface area contributed by atoms with Crippen molar-refractivity contribution in [1.29, 1.82) is 0 Å². The predicted molar refractivity (Wildman–Crippen MR) is 135 cm³/mol. The first-order valence-corrected chi connectivity index (χ1v) is 12.4. The van der Waals surface area contributed by atoms with E-state index in [4.69, 9.17) is 9.26 Å². The summed E-state index contributed by atoms with van der Waals surface area (Å²) in [6.07, 6.45) is 2.33. The van der Waals surface area contributed by atoms with Crippen molar-refractivity contribution in [1.82, 2.24) is 25.2 Å². The highest BCUT2D eigenvalue weighted by Gasteiger charge is 2.34. The normalized spacial score (nSPS) is 20.7. The lowest BCUT2D eigenvalue weighted by atomic mass is 9.91. The van der Waals surface area contributed by atoms with Crippen LogP contribution in [0.3, 0.4) is 0 Å². The van der Waals surface area contributed by atoms with Gasteiger partial charge in [0.05, 0.1) is 29.9 Å². The highest BCUT2D eigenvalue weighted by molar-refractivity contribution is 5.88. The lowest BCUT2D eigenvalue weighted by molar-refractivity contribution is 0.0716. The van der Waals surface area contributed by atoms with Gasteiger partial charge in [0.25, 0.3) is 0 Å². The number of nitrogens with zero attached hydrogens (tertiary/aromatic N) is 5. The molecule has 2 unspecified atom stereocenters. The molecule has 5 heterocycles. The Morgan fingerprint density at radius 1 is 1.11 bits per heavy atom. The first-order chi connectivity index (χ1) is 17.2. The second-order valence-electron chi connectivity index (χ2n) is 9.60. The number of rotatable bonds is 7. The zero-order valence-corrected chi connectivity index (χ0v) is 20.0. The second-order valence-corrected chi connectivity index (χ2v) is 9.60. The quantitative estimate of drug-likeness (QED) is 0.418. The van der Waals surface area contributed by atoms with Gasteiger partial charge in [0.15, 0.2) is 11.4 Å². The molecule has 35 heavy (non-hydrogen) atoms. The molecular weight excluding hydrogens is 442 g/mol. The average Bonchev–Trinajstić information content (AvgIpc) is 3.52. The van der Waals surface area contributed by atoms with Crippen LogP contribution < -0.4 is 15.0 Å². The van der Waals surface area contributed by atoms with Crippen molar-refractivity contribution in [3.63, 3.8) is 0 Å². The van der Waals surface area contributed by atoms with Crippen molar-refractivity contribution in [2.45, 2.75) is 32.4 Å². The Bertz CT molecular complexity index is 1290. The maximum absolute atomic E-state index is 6.13. The van der Waals surface area contributed by atoms with E-state index in [1.807, 2.05) is 49.4 Å². The van der Waals surface area contributed by atoms with Crippen LogP contribution in [0.1, 0.15) is 24.2 Å². The van der Waals surface area contributed by atoms with E-state index in [9.17, 15) is 0 Å². The van der Waals surface area contributed by atoms with Crippen molar-refractivity contribution in [2.24, 2.45) is 5.92 Å². The van der Waals surface area contributed by atoms with Crippen LogP contribution >= 0.6 is 0 Å². The monoisotopic (exact) mass is 473 g/mol. The van der Waals surface area contributed by atoms with Gasteiger partial charge in [0.2, 0.25) is 5.88 Å². The summed E-state index contributed by atoms with van der Waals surface area (Å²) in [6.45, 7) is 7.34. The third-order valence-corrected chi connectivity index (χ3v) is 7.08. The topological polar surface area (TPSA) is 95.3 Å². The van der Waals surface area contributed by atoms with Crippen molar-refractivity contribution in [3.05, 3.63) is 59.9 Å². The molecule has 1 aromatic carbocycles. The van der Waals surface area contributed by atoms with Crippen LogP contribution in [0.5, 0.6) is 5.88 Å². The highest BCUT2D eigenvalue weighted by Crippen LogP contribution is 2.31. The third-order valence-electron chi connectivity index (χ3n) is 7.08. The van der Waals surface area contributed by atoms with E-state index in [-0.39, 0.29) is 0 Å². The molecule has 0 saturated carbocycles. The van der Waals surface area contributed by atoms with Gasteiger partial charge in [-0.05, 0) is 38.0 Å². The number of aryl methyl sites for hydroxylation is 1. The zero-order chi connectivity index (χ0) is 23.6. The molecule has 9 heteroatoms. The van der Waals surface area contributed by atoms with Gasteiger partial charge in [0, 0.05) is 50.3 Å². The van der Waals surface area contributed by atoms with Gasteiger partial charge in [-0.1, -0.05) is 23.4 Å². The molecule has 2 aliphatic heterocycles. The minimum Gasteiger partial charge on any atom is -0.477 e. The molecule has 2 fully saturated rings. The standard InChI is InChI=1S/C26H31N7O2/c1-18-13-24(30-29-18)27-14-20-5-4-8-25(28-20)34-17-19-9-10-21-16-33(12-11-32(21)15-19)26-22-6-2-3-7-23(22)35-31-26/h2-8,13,19,21H,9-12,14-17H2,1H3,(H2,27,29,30). The lowest BCUT2D eigenvalue weighted by Crippen LogP contribution is -2.57. The fraction of sp³-hybridized carbons (Fsp3) is 0.423. The fourth-order valence-electron chi connectivity index (χ4n) is 5.23. The number of aromatic amines is 1. The number of para-hydroxylation sites is 1. The van der Waals surface area contributed by atoms with Crippen molar-refractivity contribution < 1.29 is 9.26 Å². The number of nitrogens with one attached hydrogen (secondary N) is 2. The number of H-pyrrole nitrogens is 1. The molecule has 4 aromatic rings. The average molecular weight is 474 g/mol. The number of piperazine rings is 1. The van der Waals surface area contributed by atoms with Gasteiger partial charge in [-0.2, -0.15) is 5.10 Å². The Balaban J connectivity index is 1.01. The summed E-state index contributed by atoms with van der Waals surface area (Å²) in [4.78, 5) is 9.68. The summed E-state index contributed by atoms with van der Waals surface area (Å²) in [7, 11) is 0. The molecule has 0 amide bonds. The fourth-order valence-corrected chi connectivity index (χ4v) is 5.23. The smallest absolute Gasteiger partial charge is 0.213 e. The summed E-state index contributed by atoms with van der Waals surface area (Å²) >= 11 is 0. The molecule has 6 rings (SSSR count). The Morgan fingerprint density at radius 2 is 2.06 bits per heavy atom. The van der Waals surface area contributed by atoms with Crippen LogP contribution in [0.15, 0.2) is 53.1 Å². The molecule has 182 valence electrons. The summed E-state index contributed by atoms with van der Waals surface area (Å²) in [5, 5.41) is 15.9. The molecule has 2 N–H and O–H groups in total. The number of hydrogen-bond donors (Lipinski definition) is 2. The van der Waals surface area contributed by atoms with Crippen LogP contribution in [-0.2, 0) is 6.54 Å². The Labute approximate surface area is 204 Å². The predicted octanol–water partition coefficient (Wildman–Crippen LogP) is 3.85. The first-order valence-electron chi connectivity index (χ1n) is 12.4. The lowest BCUT2D eigenvalue weighted by Gasteiger charge is -2.46. The van der Waals surface area contributed by atoms with E-state index < -0.39 is 0 Å². The molecular formula is C26H31N7O2. The van der Waals surface area contributed by atoms with Crippen molar-refractivity contribution in [2.75, 3.05) is 43.0 Å². The molecule has 0 bridgehead atoms. The number of pyridine rings is 1. The molecule has 9 nitrogen and oxygen atoms in total.